The van der Waals surface area contributed by atoms with Gasteiger partial charge in [-0.15, -0.1) is 0 Å². The first kappa shape index (κ1) is 14.4. The van der Waals surface area contributed by atoms with Crippen LogP contribution in [0.4, 0.5) is 0 Å². The Morgan fingerprint density at radius 1 is 1.00 bits per heavy atom. The van der Waals surface area contributed by atoms with Crippen molar-refractivity contribution in [3.8, 4) is 17.3 Å². The topological polar surface area (TPSA) is 36.7 Å². The van der Waals surface area contributed by atoms with Crippen LogP contribution >= 0.6 is 46.4 Å². The van der Waals surface area contributed by atoms with E-state index in [1.165, 1.54) is 0 Å². The number of rotatable bonds is 2. The van der Waals surface area contributed by atoms with E-state index in [0.717, 1.165) is 0 Å². The van der Waals surface area contributed by atoms with Crippen LogP contribution < -0.4 is 0 Å². The maximum Gasteiger partial charge on any atom is 0.0921 e. The fraction of sp³-hybridized carbons (Fsp3) is 0.0769. The molecule has 0 atom stereocenters. The van der Waals surface area contributed by atoms with E-state index in [1.54, 1.807) is 24.3 Å². The van der Waals surface area contributed by atoms with E-state index in [-0.39, 0.29) is 6.42 Å². The Bertz CT molecular complexity index is 654. The number of pyridine rings is 1. The zero-order valence-corrected chi connectivity index (χ0v) is 12.4. The molecular weight excluding hydrogens is 326 g/mol. The summed E-state index contributed by atoms with van der Waals surface area (Å²) >= 11 is 24.3. The van der Waals surface area contributed by atoms with Crippen molar-refractivity contribution in [1.29, 1.82) is 5.26 Å². The van der Waals surface area contributed by atoms with Crippen molar-refractivity contribution < 1.29 is 0 Å². The molecule has 1 aromatic carbocycles. The smallest absolute Gasteiger partial charge is 0.0921 e. The second-order valence-electron chi connectivity index (χ2n) is 3.71. The van der Waals surface area contributed by atoms with Crippen LogP contribution in [0.2, 0.25) is 20.1 Å². The van der Waals surface area contributed by atoms with Gasteiger partial charge in [-0.3, -0.25) is 4.98 Å². The van der Waals surface area contributed by atoms with E-state index in [1.807, 2.05) is 6.07 Å². The SMILES string of the molecule is N#CCc1ccc(Cl)c(-c2c(Cl)cc(Cl)cc2Cl)n1. The van der Waals surface area contributed by atoms with Gasteiger partial charge in [0.05, 0.1) is 38.9 Å². The molecule has 2 rings (SSSR count). The van der Waals surface area contributed by atoms with E-state index >= 15 is 0 Å². The van der Waals surface area contributed by atoms with Gasteiger partial charge >= 0.3 is 0 Å². The van der Waals surface area contributed by atoms with Gasteiger partial charge in [-0.2, -0.15) is 5.26 Å². The molecule has 0 radical (unpaired) electrons. The number of hydrogen-bond donors (Lipinski definition) is 0. The molecule has 1 heterocycles. The summed E-state index contributed by atoms with van der Waals surface area (Å²) in [5.74, 6) is 0. The van der Waals surface area contributed by atoms with E-state index in [2.05, 4.69) is 4.98 Å². The Morgan fingerprint density at radius 2 is 1.63 bits per heavy atom. The lowest BCUT2D eigenvalue weighted by Gasteiger charge is -2.10. The zero-order valence-electron chi connectivity index (χ0n) is 9.42. The van der Waals surface area contributed by atoms with Crippen molar-refractivity contribution in [3.05, 3.63) is 50.0 Å². The Balaban J connectivity index is 2.65. The van der Waals surface area contributed by atoms with Crippen LogP contribution in [0.3, 0.4) is 0 Å². The van der Waals surface area contributed by atoms with E-state index < -0.39 is 0 Å². The third-order valence-corrected chi connectivity index (χ3v) is 3.53. The van der Waals surface area contributed by atoms with Crippen LogP contribution in [0.5, 0.6) is 0 Å². The predicted molar refractivity (Wildman–Crippen MR) is 79.0 cm³/mol. The fourth-order valence-electron chi connectivity index (χ4n) is 1.61. The Morgan fingerprint density at radius 3 is 2.21 bits per heavy atom. The van der Waals surface area contributed by atoms with Crippen LogP contribution in [-0.4, -0.2) is 4.98 Å². The molecule has 0 bridgehead atoms. The molecule has 96 valence electrons. The van der Waals surface area contributed by atoms with Gasteiger partial charge in [0, 0.05) is 10.6 Å². The summed E-state index contributed by atoms with van der Waals surface area (Å²) in [7, 11) is 0. The highest BCUT2D eigenvalue weighted by Gasteiger charge is 2.15. The molecule has 0 spiro atoms. The largest absolute Gasteiger partial charge is 0.250 e. The normalized spacial score (nSPS) is 10.3. The second kappa shape index (κ2) is 5.98. The minimum Gasteiger partial charge on any atom is -0.250 e. The summed E-state index contributed by atoms with van der Waals surface area (Å²) in [6.45, 7) is 0. The molecule has 0 N–H and O–H groups in total. The number of nitrogens with zero attached hydrogens (tertiary/aromatic N) is 2. The number of benzene rings is 1. The van der Waals surface area contributed by atoms with E-state index in [4.69, 9.17) is 51.7 Å². The number of aromatic nitrogens is 1. The fourth-order valence-corrected chi connectivity index (χ4v) is 2.80. The van der Waals surface area contributed by atoms with Crippen molar-refractivity contribution in [2.24, 2.45) is 0 Å². The number of hydrogen-bond acceptors (Lipinski definition) is 2. The molecule has 0 fully saturated rings. The molecule has 6 heteroatoms. The molecule has 1 aromatic heterocycles. The molecule has 0 amide bonds. The maximum absolute atomic E-state index is 8.70. The minimum atomic E-state index is 0.187. The van der Waals surface area contributed by atoms with Gasteiger partial charge in [0.2, 0.25) is 0 Å². The predicted octanol–water partition coefficient (Wildman–Crippen LogP) is 5.43. The summed E-state index contributed by atoms with van der Waals surface area (Å²) < 4.78 is 0. The van der Waals surface area contributed by atoms with Crippen molar-refractivity contribution in [3.63, 3.8) is 0 Å². The van der Waals surface area contributed by atoms with Gasteiger partial charge in [0.25, 0.3) is 0 Å². The molecule has 19 heavy (non-hydrogen) atoms. The van der Waals surface area contributed by atoms with Crippen LogP contribution in [0.15, 0.2) is 24.3 Å². The van der Waals surface area contributed by atoms with Crippen molar-refractivity contribution in [1.82, 2.24) is 4.98 Å². The van der Waals surface area contributed by atoms with Crippen molar-refractivity contribution in [2.75, 3.05) is 0 Å². The molecule has 0 saturated heterocycles. The number of nitriles is 1. The average molecular weight is 332 g/mol. The number of halogens is 4. The summed E-state index contributed by atoms with van der Waals surface area (Å²) in [6.07, 6.45) is 0.187. The Kier molecular flexibility index (Phi) is 4.54. The molecule has 0 aliphatic carbocycles. The highest BCUT2D eigenvalue weighted by atomic mass is 35.5. The van der Waals surface area contributed by atoms with Gasteiger partial charge in [0.1, 0.15) is 0 Å². The lowest BCUT2D eigenvalue weighted by atomic mass is 10.1. The maximum atomic E-state index is 8.70. The summed E-state index contributed by atoms with van der Waals surface area (Å²) in [4.78, 5) is 4.32. The lowest BCUT2D eigenvalue weighted by molar-refractivity contribution is 1.12. The van der Waals surface area contributed by atoms with Crippen LogP contribution in [0.1, 0.15) is 5.69 Å². The van der Waals surface area contributed by atoms with E-state index in [0.29, 0.717) is 37.0 Å². The third-order valence-electron chi connectivity index (χ3n) is 2.41. The first-order valence-corrected chi connectivity index (χ1v) is 6.71. The molecule has 0 saturated carbocycles. The van der Waals surface area contributed by atoms with Gasteiger partial charge in [0.15, 0.2) is 0 Å². The highest BCUT2D eigenvalue weighted by molar-refractivity contribution is 6.43. The van der Waals surface area contributed by atoms with Gasteiger partial charge in [-0.25, -0.2) is 0 Å². The van der Waals surface area contributed by atoms with Gasteiger partial charge in [-0.1, -0.05) is 46.4 Å². The van der Waals surface area contributed by atoms with Crippen LogP contribution in [-0.2, 0) is 6.42 Å². The molecule has 0 unspecified atom stereocenters. The second-order valence-corrected chi connectivity index (χ2v) is 5.37. The molecule has 0 aliphatic rings. The summed E-state index contributed by atoms with van der Waals surface area (Å²) in [6, 6.07) is 8.52. The Hall–Kier alpha value is -0.980. The summed E-state index contributed by atoms with van der Waals surface area (Å²) in [5.41, 5.74) is 1.56. The van der Waals surface area contributed by atoms with Gasteiger partial charge < -0.3 is 0 Å². The van der Waals surface area contributed by atoms with Crippen LogP contribution in [0, 0.1) is 11.3 Å². The lowest BCUT2D eigenvalue weighted by Crippen LogP contribution is -1.93. The first-order valence-electron chi connectivity index (χ1n) is 5.20. The standard InChI is InChI=1S/C13H6Cl4N2/c14-7-5-10(16)12(11(17)6-7)13-9(15)2-1-8(19-13)3-4-18/h1-2,5-6H,3H2. The monoisotopic (exact) mass is 330 g/mol. The average Bonchev–Trinajstić information content (AvgIpc) is 2.32. The molecule has 0 aliphatic heterocycles. The van der Waals surface area contributed by atoms with E-state index in [9.17, 15) is 0 Å². The highest BCUT2D eigenvalue weighted by Crippen LogP contribution is 2.39. The van der Waals surface area contributed by atoms with Crippen LogP contribution in [0.25, 0.3) is 11.3 Å². The zero-order chi connectivity index (χ0) is 14.0. The minimum absolute atomic E-state index is 0.187. The Labute approximate surface area is 130 Å². The third kappa shape index (κ3) is 3.13. The first-order chi connectivity index (χ1) is 9.02. The van der Waals surface area contributed by atoms with Gasteiger partial charge in [-0.05, 0) is 24.3 Å². The molecule has 2 aromatic rings. The van der Waals surface area contributed by atoms with Crippen molar-refractivity contribution in [2.45, 2.75) is 6.42 Å². The molecular formula is C13H6Cl4N2. The molecule has 2 nitrogen and oxygen atoms in total. The quantitative estimate of drug-likeness (QED) is 0.735. The van der Waals surface area contributed by atoms with Crippen molar-refractivity contribution >= 4 is 46.4 Å². The summed E-state index contributed by atoms with van der Waals surface area (Å²) in [5, 5.41) is 10.3.